The molecule has 0 N–H and O–H groups in total. The van der Waals surface area contributed by atoms with Crippen LogP contribution in [0, 0.1) is 0 Å². The lowest BCUT2D eigenvalue weighted by Gasteiger charge is -2.36. The molecule has 2 aromatic carbocycles. The molecule has 0 saturated carbocycles. The number of carbonyl (C=O) groups excluding carboxylic acids is 1. The average molecular weight is 493 g/mol. The highest BCUT2D eigenvalue weighted by atomic mass is 35.5. The molecular weight excluding hydrogens is 469 g/mol. The van der Waals surface area contributed by atoms with Crippen molar-refractivity contribution in [1.29, 1.82) is 0 Å². The summed E-state index contributed by atoms with van der Waals surface area (Å²) in [5, 5.41) is 0.607. The Balaban J connectivity index is 1.38. The molecule has 5 nitrogen and oxygen atoms in total. The molecule has 1 aliphatic heterocycles. The van der Waals surface area contributed by atoms with Crippen molar-refractivity contribution in [3.63, 3.8) is 0 Å². The smallest absolute Gasteiger partial charge is 0.416 e. The number of halogens is 4. The molecule has 1 fully saturated rings. The summed E-state index contributed by atoms with van der Waals surface area (Å²) >= 11 is 6.03. The van der Waals surface area contributed by atoms with Crippen LogP contribution in [0.3, 0.4) is 0 Å². The van der Waals surface area contributed by atoms with Crippen molar-refractivity contribution in [2.45, 2.75) is 18.9 Å². The van der Waals surface area contributed by atoms with Gasteiger partial charge >= 0.3 is 6.18 Å². The number of ether oxygens (including phenoxy) is 1. The van der Waals surface area contributed by atoms with E-state index in [0.29, 0.717) is 49.1 Å². The van der Waals surface area contributed by atoms with Crippen molar-refractivity contribution < 1.29 is 27.1 Å². The number of piperazine rings is 1. The van der Waals surface area contributed by atoms with Crippen LogP contribution in [0.5, 0.6) is 0 Å². The SMILES string of the molecule is O=C(c1ccco1)N1CCN(C[C@@H](OCc2ccc(C(F)(F)F)cc2)c2ccc(Cl)cc2)CC1. The second-order valence-electron chi connectivity index (χ2n) is 8.12. The zero-order chi connectivity index (χ0) is 24.1. The minimum Gasteiger partial charge on any atom is -0.459 e. The first-order valence-electron chi connectivity index (χ1n) is 10.9. The maximum absolute atomic E-state index is 12.8. The van der Waals surface area contributed by atoms with E-state index < -0.39 is 11.7 Å². The topological polar surface area (TPSA) is 45.9 Å². The number of carbonyl (C=O) groups is 1. The van der Waals surface area contributed by atoms with E-state index >= 15 is 0 Å². The van der Waals surface area contributed by atoms with Gasteiger partial charge in [0.15, 0.2) is 5.76 Å². The maximum atomic E-state index is 12.8. The Morgan fingerprint density at radius 1 is 1.00 bits per heavy atom. The Bertz CT molecular complexity index is 1060. The summed E-state index contributed by atoms with van der Waals surface area (Å²) in [6.45, 7) is 3.20. The molecule has 2 heterocycles. The molecule has 1 atom stereocenters. The van der Waals surface area contributed by atoms with Crippen molar-refractivity contribution in [2.75, 3.05) is 32.7 Å². The predicted molar refractivity (Wildman–Crippen MR) is 121 cm³/mol. The van der Waals surface area contributed by atoms with Gasteiger partial charge in [0, 0.05) is 37.7 Å². The summed E-state index contributed by atoms with van der Waals surface area (Å²) in [6.07, 6.45) is -3.20. The molecule has 1 amide bonds. The number of rotatable bonds is 7. The van der Waals surface area contributed by atoms with Crippen LogP contribution >= 0.6 is 11.6 Å². The molecule has 3 aromatic rings. The fourth-order valence-electron chi connectivity index (χ4n) is 3.84. The molecule has 0 unspecified atom stereocenters. The summed E-state index contributed by atoms with van der Waals surface area (Å²) in [7, 11) is 0. The van der Waals surface area contributed by atoms with Gasteiger partial charge in [0.2, 0.25) is 0 Å². The van der Waals surface area contributed by atoms with E-state index in [-0.39, 0.29) is 18.6 Å². The van der Waals surface area contributed by atoms with Gasteiger partial charge < -0.3 is 14.1 Å². The van der Waals surface area contributed by atoms with Crippen LogP contribution in [0.1, 0.15) is 33.3 Å². The molecule has 180 valence electrons. The third kappa shape index (κ3) is 6.20. The summed E-state index contributed by atoms with van der Waals surface area (Å²) in [4.78, 5) is 16.5. The van der Waals surface area contributed by atoms with E-state index in [1.54, 1.807) is 29.2 Å². The van der Waals surface area contributed by atoms with Gasteiger partial charge in [0.1, 0.15) is 0 Å². The molecular formula is C25H24ClF3N2O3. The second kappa shape index (κ2) is 10.6. The standard InChI is InChI=1S/C25H24ClF3N2O3/c26-21-9-5-19(6-10-21)23(34-17-18-3-7-20(8-4-18)25(27,28)29)16-30-11-13-31(14-12-30)24(32)22-2-1-15-33-22/h1-10,15,23H,11-14,16-17H2/t23-/m1/s1. The third-order valence-corrected chi connectivity index (χ3v) is 6.04. The first-order chi connectivity index (χ1) is 16.3. The van der Waals surface area contributed by atoms with Crippen molar-refractivity contribution in [2.24, 2.45) is 0 Å². The minimum atomic E-state index is -4.37. The zero-order valence-corrected chi connectivity index (χ0v) is 19.1. The number of furan rings is 1. The van der Waals surface area contributed by atoms with Gasteiger partial charge in [-0.05, 0) is 47.5 Å². The highest BCUT2D eigenvalue weighted by Gasteiger charge is 2.30. The van der Waals surface area contributed by atoms with Crippen LogP contribution in [0.15, 0.2) is 71.3 Å². The average Bonchev–Trinajstić information content (AvgIpc) is 3.37. The summed E-state index contributed by atoms with van der Waals surface area (Å²) in [5.41, 5.74) is 0.888. The normalized spacial score (nSPS) is 15.9. The Morgan fingerprint density at radius 3 is 2.26 bits per heavy atom. The lowest BCUT2D eigenvalue weighted by Crippen LogP contribution is -2.49. The summed E-state index contributed by atoms with van der Waals surface area (Å²) in [5.74, 6) is 0.199. The molecule has 34 heavy (non-hydrogen) atoms. The Hall–Kier alpha value is -2.81. The third-order valence-electron chi connectivity index (χ3n) is 5.79. The van der Waals surface area contributed by atoms with E-state index in [1.165, 1.54) is 18.4 Å². The number of alkyl halides is 3. The molecule has 0 radical (unpaired) electrons. The largest absolute Gasteiger partial charge is 0.459 e. The second-order valence-corrected chi connectivity index (χ2v) is 8.55. The van der Waals surface area contributed by atoms with Gasteiger partial charge in [0.25, 0.3) is 5.91 Å². The number of amides is 1. The van der Waals surface area contributed by atoms with Crippen molar-refractivity contribution in [3.8, 4) is 0 Å². The first-order valence-corrected chi connectivity index (χ1v) is 11.3. The Labute approximate surface area is 200 Å². The van der Waals surface area contributed by atoms with Gasteiger partial charge in [-0.3, -0.25) is 9.69 Å². The molecule has 0 spiro atoms. The van der Waals surface area contributed by atoms with Gasteiger partial charge in [0.05, 0.1) is 24.5 Å². The van der Waals surface area contributed by atoms with Crippen molar-refractivity contribution >= 4 is 17.5 Å². The van der Waals surface area contributed by atoms with E-state index in [4.69, 9.17) is 20.8 Å². The Kier molecular flexibility index (Phi) is 7.60. The molecule has 0 aliphatic carbocycles. The monoisotopic (exact) mass is 492 g/mol. The lowest BCUT2D eigenvalue weighted by atomic mass is 10.1. The molecule has 1 aliphatic rings. The number of nitrogens with zero attached hydrogens (tertiary/aromatic N) is 2. The lowest BCUT2D eigenvalue weighted by molar-refractivity contribution is -0.137. The van der Waals surface area contributed by atoms with Crippen LogP contribution in [-0.4, -0.2) is 48.4 Å². The number of hydrogen-bond donors (Lipinski definition) is 0. The van der Waals surface area contributed by atoms with Crippen LogP contribution in [-0.2, 0) is 17.5 Å². The quantitative estimate of drug-likeness (QED) is 0.426. The van der Waals surface area contributed by atoms with Crippen LogP contribution in [0.25, 0.3) is 0 Å². The predicted octanol–water partition coefficient (Wildman–Crippen LogP) is 5.67. The van der Waals surface area contributed by atoms with Gasteiger partial charge in [-0.25, -0.2) is 0 Å². The van der Waals surface area contributed by atoms with E-state index in [0.717, 1.165) is 17.7 Å². The van der Waals surface area contributed by atoms with Crippen molar-refractivity contribution in [1.82, 2.24) is 9.80 Å². The van der Waals surface area contributed by atoms with Crippen LogP contribution in [0.2, 0.25) is 5.02 Å². The molecule has 1 saturated heterocycles. The van der Waals surface area contributed by atoms with Crippen LogP contribution in [0.4, 0.5) is 13.2 Å². The van der Waals surface area contributed by atoms with Gasteiger partial charge in [-0.2, -0.15) is 13.2 Å². The highest BCUT2D eigenvalue weighted by Crippen LogP contribution is 2.30. The van der Waals surface area contributed by atoms with E-state index in [2.05, 4.69) is 4.90 Å². The van der Waals surface area contributed by atoms with Gasteiger partial charge in [-0.1, -0.05) is 35.9 Å². The fraction of sp³-hybridized carbons (Fsp3) is 0.320. The van der Waals surface area contributed by atoms with Crippen LogP contribution < -0.4 is 0 Å². The first kappa shape index (κ1) is 24.3. The summed E-state index contributed by atoms with van der Waals surface area (Å²) in [6, 6.07) is 15.7. The highest BCUT2D eigenvalue weighted by molar-refractivity contribution is 6.30. The molecule has 4 rings (SSSR count). The fourth-order valence-corrected chi connectivity index (χ4v) is 3.97. The van der Waals surface area contributed by atoms with Gasteiger partial charge in [-0.15, -0.1) is 0 Å². The molecule has 9 heteroatoms. The number of benzene rings is 2. The zero-order valence-electron chi connectivity index (χ0n) is 18.3. The molecule has 1 aromatic heterocycles. The Morgan fingerprint density at radius 2 is 1.68 bits per heavy atom. The van der Waals surface area contributed by atoms with E-state index in [9.17, 15) is 18.0 Å². The summed E-state index contributed by atoms with van der Waals surface area (Å²) < 4.78 is 49.8. The number of hydrogen-bond acceptors (Lipinski definition) is 4. The minimum absolute atomic E-state index is 0.127. The van der Waals surface area contributed by atoms with E-state index in [1.807, 2.05) is 12.1 Å². The molecule has 0 bridgehead atoms. The van der Waals surface area contributed by atoms with Crippen molar-refractivity contribution in [3.05, 3.63) is 94.4 Å². The maximum Gasteiger partial charge on any atom is 0.416 e.